The molecular formula is C24H30O. The minimum atomic E-state index is 0.601. The van der Waals surface area contributed by atoms with E-state index >= 15 is 0 Å². The van der Waals surface area contributed by atoms with Gasteiger partial charge < -0.3 is 4.74 Å². The molecular weight excluding hydrogens is 304 g/mol. The number of ether oxygens (including phenoxy) is 1. The van der Waals surface area contributed by atoms with Crippen LogP contribution in [0.3, 0.4) is 0 Å². The molecule has 0 unspecified atom stereocenters. The van der Waals surface area contributed by atoms with Crippen LogP contribution in [0.5, 0.6) is 0 Å². The minimum Gasteiger partial charge on any atom is -0.373 e. The summed E-state index contributed by atoms with van der Waals surface area (Å²) in [7, 11) is 0. The maximum absolute atomic E-state index is 5.49. The van der Waals surface area contributed by atoms with Crippen LogP contribution in [0.4, 0.5) is 0 Å². The van der Waals surface area contributed by atoms with Crippen LogP contribution in [0.2, 0.25) is 0 Å². The zero-order valence-corrected chi connectivity index (χ0v) is 15.4. The molecule has 1 nitrogen and oxygen atoms in total. The Labute approximate surface area is 152 Å². The summed E-state index contributed by atoms with van der Waals surface area (Å²) in [5, 5.41) is 0. The van der Waals surface area contributed by atoms with E-state index in [1.807, 2.05) is 0 Å². The lowest BCUT2D eigenvalue weighted by molar-refractivity contribution is 0.149. The van der Waals surface area contributed by atoms with Gasteiger partial charge >= 0.3 is 0 Å². The molecule has 132 valence electrons. The highest BCUT2D eigenvalue weighted by atomic mass is 16.5. The van der Waals surface area contributed by atoms with Gasteiger partial charge in [0.05, 0.1) is 13.2 Å². The van der Waals surface area contributed by atoms with Crippen molar-refractivity contribution in [1.29, 1.82) is 0 Å². The summed E-state index contributed by atoms with van der Waals surface area (Å²) < 4.78 is 5.49. The van der Waals surface area contributed by atoms with Crippen LogP contribution in [0, 0.1) is 5.92 Å². The molecule has 1 fully saturated rings. The third-order valence-corrected chi connectivity index (χ3v) is 5.60. The Bertz CT molecular complexity index is 645. The van der Waals surface area contributed by atoms with Crippen LogP contribution >= 0.6 is 0 Å². The van der Waals surface area contributed by atoms with Gasteiger partial charge in [0, 0.05) is 0 Å². The molecule has 0 atom stereocenters. The van der Waals surface area contributed by atoms with Gasteiger partial charge in [0.15, 0.2) is 0 Å². The van der Waals surface area contributed by atoms with Crippen LogP contribution < -0.4 is 0 Å². The molecule has 2 aromatic rings. The molecule has 0 aliphatic heterocycles. The van der Waals surface area contributed by atoms with Crippen molar-refractivity contribution in [2.75, 3.05) is 6.61 Å². The first kappa shape index (κ1) is 17.9. The Morgan fingerprint density at radius 1 is 0.920 bits per heavy atom. The van der Waals surface area contributed by atoms with Crippen molar-refractivity contribution in [1.82, 2.24) is 0 Å². The molecule has 2 aromatic carbocycles. The van der Waals surface area contributed by atoms with Crippen LogP contribution in [0.15, 0.2) is 61.2 Å². The summed E-state index contributed by atoms with van der Waals surface area (Å²) in [6, 6.07) is 17.9. The maximum Gasteiger partial charge on any atom is 0.0721 e. The molecule has 0 heterocycles. The van der Waals surface area contributed by atoms with Gasteiger partial charge in [0.1, 0.15) is 0 Å². The van der Waals surface area contributed by atoms with Gasteiger partial charge in [-0.1, -0.05) is 68.0 Å². The highest BCUT2D eigenvalue weighted by Gasteiger charge is 2.21. The van der Waals surface area contributed by atoms with Crippen molar-refractivity contribution in [3.05, 3.63) is 72.3 Å². The molecule has 0 radical (unpaired) electrons. The molecule has 0 amide bonds. The third kappa shape index (κ3) is 4.83. The van der Waals surface area contributed by atoms with Gasteiger partial charge in [-0.05, 0) is 59.8 Å². The standard InChI is InChI=1S/C24H30O/c1-3-17-25-18-20-7-11-22(12-8-20)24-15-13-23(14-16-24)21-9-5-19(4-2)6-10-21/h3,7-8,11-16,19,21H,1,4-6,9-10,17-18H2,2H3/t19-,21-. The molecule has 1 aliphatic rings. The number of hydrogen-bond donors (Lipinski definition) is 0. The second-order valence-corrected chi connectivity index (χ2v) is 7.25. The number of hydrogen-bond acceptors (Lipinski definition) is 1. The third-order valence-electron chi connectivity index (χ3n) is 5.60. The molecule has 0 N–H and O–H groups in total. The Morgan fingerprint density at radius 3 is 2.08 bits per heavy atom. The van der Waals surface area contributed by atoms with Crippen molar-refractivity contribution in [2.45, 2.75) is 51.6 Å². The van der Waals surface area contributed by atoms with Gasteiger partial charge in [-0.15, -0.1) is 6.58 Å². The van der Waals surface area contributed by atoms with Crippen LogP contribution in [0.25, 0.3) is 11.1 Å². The fourth-order valence-corrected chi connectivity index (χ4v) is 3.91. The van der Waals surface area contributed by atoms with Gasteiger partial charge in [-0.25, -0.2) is 0 Å². The summed E-state index contributed by atoms with van der Waals surface area (Å²) >= 11 is 0. The first-order valence-electron chi connectivity index (χ1n) is 9.68. The lowest BCUT2D eigenvalue weighted by atomic mass is 9.77. The van der Waals surface area contributed by atoms with E-state index in [1.165, 1.54) is 54.4 Å². The molecule has 1 heteroatoms. The normalized spacial score (nSPS) is 20.4. The van der Waals surface area contributed by atoms with Crippen molar-refractivity contribution >= 4 is 0 Å². The monoisotopic (exact) mass is 334 g/mol. The van der Waals surface area contributed by atoms with E-state index in [2.05, 4.69) is 62.0 Å². The van der Waals surface area contributed by atoms with E-state index in [1.54, 1.807) is 6.08 Å². The summed E-state index contributed by atoms with van der Waals surface area (Å²) in [5.41, 5.74) is 5.29. The van der Waals surface area contributed by atoms with E-state index in [4.69, 9.17) is 4.74 Å². The highest BCUT2D eigenvalue weighted by Crippen LogP contribution is 2.37. The Kier molecular flexibility index (Phi) is 6.47. The zero-order chi connectivity index (χ0) is 17.5. The van der Waals surface area contributed by atoms with Crippen molar-refractivity contribution < 1.29 is 4.74 Å². The van der Waals surface area contributed by atoms with Crippen molar-refractivity contribution in [3.8, 4) is 11.1 Å². The summed E-state index contributed by atoms with van der Waals surface area (Å²) in [4.78, 5) is 0. The van der Waals surface area contributed by atoms with Crippen molar-refractivity contribution in [3.63, 3.8) is 0 Å². The smallest absolute Gasteiger partial charge is 0.0721 e. The Hall–Kier alpha value is -1.86. The Morgan fingerprint density at radius 2 is 1.52 bits per heavy atom. The summed E-state index contributed by atoms with van der Waals surface area (Å²) in [6.07, 6.45) is 8.65. The quantitative estimate of drug-likeness (QED) is 0.402. The molecule has 0 bridgehead atoms. The number of benzene rings is 2. The first-order valence-corrected chi connectivity index (χ1v) is 9.68. The fourth-order valence-electron chi connectivity index (χ4n) is 3.91. The number of rotatable bonds is 7. The predicted molar refractivity (Wildman–Crippen MR) is 107 cm³/mol. The molecule has 0 spiro atoms. The zero-order valence-electron chi connectivity index (χ0n) is 15.4. The van der Waals surface area contributed by atoms with Crippen LogP contribution in [-0.2, 0) is 11.3 Å². The average molecular weight is 335 g/mol. The highest BCUT2D eigenvalue weighted by molar-refractivity contribution is 5.64. The van der Waals surface area contributed by atoms with E-state index < -0.39 is 0 Å². The molecule has 0 aromatic heterocycles. The van der Waals surface area contributed by atoms with Gasteiger partial charge in [-0.2, -0.15) is 0 Å². The summed E-state index contributed by atoms with van der Waals surface area (Å²) in [6.45, 7) is 7.24. The van der Waals surface area contributed by atoms with E-state index in [-0.39, 0.29) is 0 Å². The Balaban J connectivity index is 1.61. The summed E-state index contributed by atoms with van der Waals surface area (Å²) in [5.74, 6) is 1.73. The molecule has 3 rings (SSSR count). The van der Waals surface area contributed by atoms with Gasteiger partial charge in [0.2, 0.25) is 0 Å². The van der Waals surface area contributed by atoms with E-state index in [9.17, 15) is 0 Å². The minimum absolute atomic E-state index is 0.601. The van der Waals surface area contributed by atoms with Gasteiger partial charge in [0.25, 0.3) is 0 Å². The fraction of sp³-hybridized carbons (Fsp3) is 0.417. The SMILES string of the molecule is C=CCOCc1ccc(-c2ccc([C@H]3CC[C@H](CC)CC3)cc2)cc1. The average Bonchev–Trinajstić information content (AvgIpc) is 2.69. The van der Waals surface area contributed by atoms with E-state index in [0.29, 0.717) is 13.2 Å². The predicted octanol–water partition coefficient (Wildman–Crippen LogP) is 6.74. The molecule has 0 saturated heterocycles. The lowest BCUT2D eigenvalue weighted by Gasteiger charge is -2.28. The molecule has 25 heavy (non-hydrogen) atoms. The molecule has 1 aliphatic carbocycles. The van der Waals surface area contributed by atoms with Crippen molar-refractivity contribution in [2.24, 2.45) is 5.92 Å². The van der Waals surface area contributed by atoms with Crippen LogP contribution in [0.1, 0.15) is 56.1 Å². The second kappa shape index (κ2) is 9.01. The maximum atomic E-state index is 5.49. The van der Waals surface area contributed by atoms with E-state index in [0.717, 1.165) is 11.8 Å². The van der Waals surface area contributed by atoms with Crippen LogP contribution in [-0.4, -0.2) is 6.61 Å². The topological polar surface area (TPSA) is 9.23 Å². The largest absolute Gasteiger partial charge is 0.373 e. The first-order chi connectivity index (χ1) is 12.3. The second-order valence-electron chi connectivity index (χ2n) is 7.25. The lowest BCUT2D eigenvalue weighted by Crippen LogP contribution is -2.12. The molecule has 1 saturated carbocycles. The van der Waals surface area contributed by atoms with Gasteiger partial charge in [-0.3, -0.25) is 0 Å².